The summed E-state index contributed by atoms with van der Waals surface area (Å²) in [4.78, 5) is 2.34. The van der Waals surface area contributed by atoms with E-state index in [2.05, 4.69) is 18.7 Å². The Kier molecular flexibility index (Phi) is 4.35. The van der Waals surface area contributed by atoms with E-state index in [1.165, 1.54) is 12.8 Å². The van der Waals surface area contributed by atoms with Crippen molar-refractivity contribution >= 4 is 0 Å². The number of nitrogens with zero attached hydrogens (tertiary/aromatic N) is 1. The Labute approximate surface area is 87.3 Å². The highest BCUT2D eigenvalue weighted by atomic mass is 16.3. The average Bonchev–Trinajstić information content (AvgIpc) is 2.51. The summed E-state index contributed by atoms with van der Waals surface area (Å²) >= 11 is 0. The first kappa shape index (κ1) is 12.0. The third-order valence-corrected chi connectivity index (χ3v) is 3.20. The molecule has 1 rings (SSSR count). The van der Waals surface area contributed by atoms with Gasteiger partial charge in [0.2, 0.25) is 0 Å². The molecule has 0 aromatic carbocycles. The number of hydrogen-bond acceptors (Lipinski definition) is 3. The first-order valence-corrected chi connectivity index (χ1v) is 5.70. The first-order chi connectivity index (χ1) is 6.59. The zero-order valence-corrected chi connectivity index (χ0v) is 9.50. The Balaban J connectivity index is 2.39. The Morgan fingerprint density at radius 3 is 2.71 bits per heavy atom. The highest BCUT2D eigenvalue weighted by molar-refractivity contribution is 4.83. The van der Waals surface area contributed by atoms with Crippen LogP contribution in [0.4, 0.5) is 0 Å². The first-order valence-electron chi connectivity index (χ1n) is 5.70. The van der Waals surface area contributed by atoms with Crippen LogP contribution in [0.25, 0.3) is 0 Å². The van der Waals surface area contributed by atoms with E-state index in [0.717, 1.165) is 32.6 Å². The van der Waals surface area contributed by atoms with E-state index < -0.39 is 0 Å². The molecule has 0 aromatic heterocycles. The molecule has 2 unspecified atom stereocenters. The lowest BCUT2D eigenvalue weighted by atomic mass is 9.85. The number of nitrogens with two attached hydrogens (primary N) is 1. The predicted molar refractivity (Wildman–Crippen MR) is 59.1 cm³/mol. The highest BCUT2D eigenvalue weighted by Crippen LogP contribution is 2.25. The minimum absolute atomic E-state index is 0.112. The van der Waals surface area contributed by atoms with Crippen molar-refractivity contribution in [1.29, 1.82) is 0 Å². The van der Waals surface area contributed by atoms with Crippen LogP contribution in [-0.4, -0.2) is 42.3 Å². The second kappa shape index (κ2) is 5.10. The van der Waals surface area contributed by atoms with Crippen LogP contribution < -0.4 is 5.73 Å². The van der Waals surface area contributed by atoms with Gasteiger partial charge in [0.15, 0.2) is 0 Å². The summed E-state index contributed by atoms with van der Waals surface area (Å²) in [6, 6.07) is 0. The quantitative estimate of drug-likeness (QED) is 0.691. The topological polar surface area (TPSA) is 49.5 Å². The van der Waals surface area contributed by atoms with Crippen molar-refractivity contribution in [2.24, 2.45) is 11.1 Å². The van der Waals surface area contributed by atoms with Crippen LogP contribution in [0, 0.1) is 5.41 Å². The standard InChI is InChI=1S/C11H24N2O/c1-3-5-11(2,8-12)9-13-6-4-10(14)7-13/h10,14H,3-9,12H2,1-2H3. The summed E-state index contributed by atoms with van der Waals surface area (Å²) in [6.07, 6.45) is 3.17. The van der Waals surface area contributed by atoms with Gasteiger partial charge in [-0.05, 0) is 24.8 Å². The zero-order chi connectivity index (χ0) is 10.6. The lowest BCUT2D eigenvalue weighted by Gasteiger charge is -2.32. The molecular formula is C11H24N2O. The van der Waals surface area contributed by atoms with Crippen molar-refractivity contribution < 1.29 is 5.11 Å². The molecule has 0 amide bonds. The average molecular weight is 200 g/mol. The lowest BCUT2D eigenvalue weighted by Crippen LogP contribution is -2.40. The van der Waals surface area contributed by atoms with E-state index in [1.807, 2.05) is 0 Å². The van der Waals surface area contributed by atoms with Gasteiger partial charge in [-0.3, -0.25) is 0 Å². The van der Waals surface area contributed by atoms with Gasteiger partial charge in [0.05, 0.1) is 6.10 Å². The van der Waals surface area contributed by atoms with E-state index in [4.69, 9.17) is 5.73 Å². The van der Waals surface area contributed by atoms with Crippen LogP contribution in [0.5, 0.6) is 0 Å². The van der Waals surface area contributed by atoms with Crippen molar-refractivity contribution in [3.05, 3.63) is 0 Å². The zero-order valence-electron chi connectivity index (χ0n) is 9.50. The SMILES string of the molecule is CCCC(C)(CN)CN1CCC(O)C1. The molecule has 0 aliphatic carbocycles. The normalized spacial score (nSPS) is 27.9. The Bertz CT molecular complexity index is 175. The maximum atomic E-state index is 9.43. The summed E-state index contributed by atoms with van der Waals surface area (Å²) in [7, 11) is 0. The third kappa shape index (κ3) is 3.23. The van der Waals surface area contributed by atoms with Crippen LogP contribution in [0.2, 0.25) is 0 Å². The van der Waals surface area contributed by atoms with Gasteiger partial charge in [-0.2, -0.15) is 0 Å². The molecule has 2 atom stereocenters. The molecule has 1 aliphatic rings. The summed E-state index contributed by atoms with van der Waals surface area (Å²) in [6.45, 7) is 8.09. The summed E-state index contributed by atoms with van der Waals surface area (Å²) < 4.78 is 0. The van der Waals surface area contributed by atoms with Crippen molar-refractivity contribution in [3.63, 3.8) is 0 Å². The second-order valence-electron chi connectivity index (χ2n) is 4.94. The number of aliphatic hydroxyl groups is 1. The largest absolute Gasteiger partial charge is 0.392 e. The van der Waals surface area contributed by atoms with Crippen molar-refractivity contribution in [3.8, 4) is 0 Å². The molecule has 0 bridgehead atoms. The van der Waals surface area contributed by atoms with Crippen LogP contribution in [0.1, 0.15) is 33.1 Å². The van der Waals surface area contributed by atoms with Crippen molar-refractivity contribution in [2.45, 2.75) is 39.2 Å². The van der Waals surface area contributed by atoms with Gasteiger partial charge in [-0.15, -0.1) is 0 Å². The monoisotopic (exact) mass is 200 g/mol. The molecular weight excluding hydrogens is 176 g/mol. The van der Waals surface area contributed by atoms with E-state index in [-0.39, 0.29) is 11.5 Å². The minimum atomic E-state index is -0.112. The highest BCUT2D eigenvalue weighted by Gasteiger charge is 2.28. The molecule has 1 aliphatic heterocycles. The molecule has 0 radical (unpaired) electrons. The molecule has 1 saturated heterocycles. The number of aliphatic hydroxyl groups excluding tert-OH is 1. The fourth-order valence-electron chi connectivity index (χ4n) is 2.34. The van der Waals surface area contributed by atoms with E-state index in [9.17, 15) is 5.11 Å². The summed E-state index contributed by atoms with van der Waals surface area (Å²) in [5.74, 6) is 0. The minimum Gasteiger partial charge on any atom is -0.392 e. The molecule has 3 heteroatoms. The Morgan fingerprint density at radius 1 is 1.57 bits per heavy atom. The van der Waals surface area contributed by atoms with Gasteiger partial charge in [-0.25, -0.2) is 0 Å². The van der Waals surface area contributed by atoms with Crippen molar-refractivity contribution in [2.75, 3.05) is 26.2 Å². The van der Waals surface area contributed by atoms with Crippen LogP contribution in [0.15, 0.2) is 0 Å². The van der Waals surface area contributed by atoms with Gasteiger partial charge in [0.1, 0.15) is 0 Å². The maximum absolute atomic E-state index is 9.43. The number of rotatable bonds is 5. The smallest absolute Gasteiger partial charge is 0.0679 e. The van der Waals surface area contributed by atoms with Crippen molar-refractivity contribution in [1.82, 2.24) is 4.90 Å². The van der Waals surface area contributed by atoms with Crippen LogP contribution in [0.3, 0.4) is 0 Å². The number of β-amino-alcohol motifs (C(OH)–C–C–N with tert-alkyl or cyclic N) is 1. The van der Waals surface area contributed by atoms with E-state index in [0.29, 0.717) is 0 Å². The predicted octanol–water partition coefficient (Wildman–Crippen LogP) is 0.818. The van der Waals surface area contributed by atoms with Crippen LogP contribution in [-0.2, 0) is 0 Å². The number of likely N-dealkylation sites (tertiary alicyclic amines) is 1. The van der Waals surface area contributed by atoms with Gasteiger partial charge in [-0.1, -0.05) is 20.3 Å². The second-order valence-corrected chi connectivity index (χ2v) is 4.94. The molecule has 84 valence electrons. The molecule has 0 spiro atoms. The lowest BCUT2D eigenvalue weighted by molar-refractivity contribution is 0.145. The Morgan fingerprint density at radius 2 is 2.29 bits per heavy atom. The van der Waals surface area contributed by atoms with Gasteiger partial charge in [0, 0.05) is 19.6 Å². The molecule has 3 nitrogen and oxygen atoms in total. The molecule has 0 saturated carbocycles. The van der Waals surface area contributed by atoms with Gasteiger partial charge < -0.3 is 15.7 Å². The number of hydrogen-bond donors (Lipinski definition) is 2. The van der Waals surface area contributed by atoms with E-state index in [1.54, 1.807) is 0 Å². The summed E-state index contributed by atoms with van der Waals surface area (Å²) in [5.41, 5.74) is 6.05. The van der Waals surface area contributed by atoms with Gasteiger partial charge in [0.25, 0.3) is 0 Å². The summed E-state index contributed by atoms with van der Waals surface area (Å²) in [5, 5.41) is 9.43. The molecule has 1 heterocycles. The van der Waals surface area contributed by atoms with Gasteiger partial charge >= 0.3 is 0 Å². The van der Waals surface area contributed by atoms with E-state index >= 15 is 0 Å². The molecule has 1 fully saturated rings. The maximum Gasteiger partial charge on any atom is 0.0679 e. The fourth-order valence-corrected chi connectivity index (χ4v) is 2.34. The van der Waals surface area contributed by atoms with Crippen LogP contribution >= 0.6 is 0 Å². The fraction of sp³-hybridized carbons (Fsp3) is 1.00. The Hall–Kier alpha value is -0.120. The molecule has 0 aromatic rings. The molecule has 14 heavy (non-hydrogen) atoms. The molecule has 3 N–H and O–H groups in total. The third-order valence-electron chi connectivity index (χ3n) is 3.20.